The van der Waals surface area contributed by atoms with Crippen molar-refractivity contribution < 1.29 is 23.8 Å². The number of halogens is 1. The predicted octanol–water partition coefficient (Wildman–Crippen LogP) is 2.04. The lowest BCUT2D eigenvalue weighted by atomic mass is 10.0. The van der Waals surface area contributed by atoms with Gasteiger partial charge in [0.05, 0.1) is 32.0 Å². The Balaban J connectivity index is 1.70. The van der Waals surface area contributed by atoms with Gasteiger partial charge in [-0.25, -0.2) is 4.98 Å². The van der Waals surface area contributed by atoms with Crippen LogP contribution in [0.4, 0.5) is 10.1 Å². The number of aliphatic hydroxyl groups excluding tert-OH is 1. The highest BCUT2D eigenvalue weighted by atomic mass is 19.1. The van der Waals surface area contributed by atoms with E-state index in [1.165, 1.54) is 0 Å². The molecule has 2 fully saturated rings. The molecule has 1 saturated carbocycles. The van der Waals surface area contributed by atoms with E-state index in [2.05, 4.69) is 15.2 Å². The number of pyridine rings is 1. The van der Waals surface area contributed by atoms with Crippen molar-refractivity contribution in [3.63, 3.8) is 0 Å². The molecule has 162 valence electrons. The second-order valence-electron chi connectivity index (χ2n) is 8.49. The van der Waals surface area contributed by atoms with Gasteiger partial charge in [-0.3, -0.25) is 9.18 Å². The Morgan fingerprint density at radius 3 is 2.72 bits per heavy atom. The first-order chi connectivity index (χ1) is 13.9. The van der Waals surface area contributed by atoms with Gasteiger partial charge in [0.1, 0.15) is 11.4 Å². The third-order valence-electron chi connectivity index (χ3n) is 5.61. The second-order valence-corrected chi connectivity index (χ2v) is 8.49. The molecule has 1 aromatic heterocycles. The summed E-state index contributed by atoms with van der Waals surface area (Å²) < 4.78 is 24.0. The zero-order valence-corrected chi connectivity index (χ0v) is 17.4. The van der Waals surface area contributed by atoms with Gasteiger partial charge in [0.25, 0.3) is 5.91 Å². The lowest BCUT2D eigenvalue weighted by Gasteiger charge is -2.40. The van der Waals surface area contributed by atoms with Crippen LogP contribution >= 0.6 is 0 Å². The Kier molecular flexibility index (Phi) is 7.29. The molecule has 3 rings (SSSR count). The SMILES string of the molecule is COC1CN(c2ccc(C(=O)N[C@H](CO)CC(C)C)nc2OC[C@H]2C[C@@H]2CF)C1. The van der Waals surface area contributed by atoms with Gasteiger partial charge in [0.2, 0.25) is 5.88 Å². The maximum Gasteiger partial charge on any atom is 0.270 e. The monoisotopic (exact) mass is 409 g/mol. The zero-order chi connectivity index (χ0) is 21.0. The van der Waals surface area contributed by atoms with Crippen LogP contribution in [-0.4, -0.2) is 68.2 Å². The summed E-state index contributed by atoms with van der Waals surface area (Å²) >= 11 is 0. The van der Waals surface area contributed by atoms with Crippen molar-refractivity contribution in [3.05, 3.63) is 17.8 Å². The summed E-state index contributed by atoms with van der Waals surface area (Å²) in [4.78, 5) is 19.2. The molecule has 29 heavy (non-hydrogen) atoms. The lowest BCUT2D eigenvalue weighted by Crippen LogP contribution is -2.52. The molecule has 0 radical (unpaired) electrons. The molecule has 7 nitrogen and oxygen atoms in total. The van der Waals surface area contributed by atoms with E-state index in [-0.39, 0.29) is 48.9 Å². The van der Waals surface area contributed by atoms with Crippen molar-refractivity contribution in [2.45, 2.75) is 38.8 Å². The van der Waals surface area contributed by atoms with Crippen LogP contribution in [0, 0.1) is 17.8 Å². The Labute approximate surface area is 171 Å². The number of ether oxygens (including phenoxy) is 2. The van der Waals surface area contributed by atoms with Gasteiger partial charge < -0.3 is 24.8 Å². The zero-order valence-electron chi connectivity index (χ0n) is 17.4. The van der Waals surface area contributed by atoms with Crippen LogP contribution in [-0.2, 0) is 4.74 Å². The molecule has 8 heteroatoms. The first-order valence-corrected chi connectivity index (χ1v) is 10.3. The van der Waals surface area contributed by atoms with Crippen LogP contribution in [0.15, 0.2) is 12.1 Å². The molecule has 1 amide bonds. The molecular formula is C21H32FN3O4. The van der Waals surface area contributed by atoms with E-state index < -0.39 is 0 Å². The number of methoxy groups -OCH3 is 1. The first-order valence-electron chi connectivity index (χ1n) is 10.3. The summed E-state index contributed by atoms with van der Waals surface area (Å²) in [6.07, 6.45) is 1.68. The number of nitrogens with one attached hydrogen (secondary N) is 1. The fourth-order valence-corrected chi connectivity index (χ4v) is 3.59. The number of hydrogen-bond donors (Lipinski definition) is 2. The molecule has 2 aliphatic rings. The molecule has 3 atom stereocenters. The molecule has 2 N–H and O–H groups in total. The van der Waals surface area contributed by atoms with E-state index in [4.69, 9.17) is 9.47 Å². The second kappa shape index (κ2) is 9.71. The summed E-state index contributed by atoms with van der Waals surface area (Å²) in [6, 6.07) is 3.19. The minimum Gasteiger partial charge on any atom is -0.476 e. The molecule has 0 bridgehead atoms. The van der Waals surface area contributed by atoms with Gasteiger partial charge >= 0.3 is 0 Å². The Bertz CT molecular complexity index is 697. The van der Waals surface area contributed by atoms with E-state index in [1.54, 1.807) is 13.2 Å². The maximum absolute atomic E-state index is 12.8. The number of carbonyl (C=O) groups excluding carboxylic acids is 1. The standard InChI is InChI=1S/C21H32FN3O4/c1-13(2)6-16(11-26)23-20(27)18-4-5-19(25-9-17(10-25)28-3)21(24-18)29-12-15-7-14(15)8-22/h4-5,13-17,26H,6-12H2,1-3H3,(H,23,27)/t14-,15-,16+/m1/s1. The minimum absolute atomic E-state index is 0.0770. The lowest BCUT2D eigenvalue weighted by molar-refractivity contribution is 0.0782. The van der Waals surface area contributed by atoms with Crippen molar-refractivity contribution in [2.75, 3.05) is 45.0 Å². The summed E-state index contributed by atoms with van der Waals surface area (Å²) in [6.45, 7) is 5.50. The number of carbonyl (C=O) groups is 1. The van der Waals surface area contributed by atoms with Crippen molar-refractivity contribution >= 4 is 11.6 Å². The molecule has 1 saturated heterocycles. The van der Waals surface area contributed by atoms with Gasteiger partial charge in [-0.1, -0.05) is 13.8 Å². The highest BCUT2D eigenvalue weighted by Gasteiger charge is 2.38. The van der Waals surface area contributed by atoms with Crippen LogP contribution in [0.3, 0.4) is 0 Å². The Morgan fingerprint density at radius 2 is 2.14 bits per heavy atom. The van der Waals surface area contributed by atoms with Crippen LogP contribution in [0.5, 0.6) is 5.88 Å². The number of amides is 1. The normalized spacial score (nSPS) is 22.3. The molecular weight excluding hydrogens is 377 g/mol. The number of anilines is 1. The largest absolute Gasteiger partial charge is 0.476 e. The predicted molar refractivity (Wildman–Crippen MR) is 108 cm³/mol. The van der Waals surface area contributed by atoms with Crippen molar-refractivity contribution in [2.24, 2.45) is 17.8 Å². The number of hydrogen-bond acceptors (Lipinski definition) is 6. The Morgan fingerprint density at radius 1 is 1.38 bits per heavy atom. The van der Waals surface area contributed by atoms with Gasteiger partial charge in [-0.15, -0.1) is 0 Å². The van der Waals surface area contributed by atoms with E-state index in [0.29, 0.717) is 24.8 Å². The van der Waals surface area contributed by atoms with Gasteiger partial charge in [0, 0.05) is 20.2 Å². The highest BCUT2D eigenvalue weighted by molar-refractivity contribution is 5.93. The maximum atomic E-state index is 12.8. The molecule has 1 aliphatic carbocycles. The Hall–Kier alpha value is -1.93. The van der Waals surface area contributed by atoms with Crippen molar-refractivity contribution in [1.82, 2.24) is 10.3 Å². The number of aliphatic hydroxyl groups is 1. The molecule has 0 aromatic carbocycles. The van der Waals surface area contributed by atoms with E-state index >= 15 is 0 Å². The van der Waals surface area contributed by atoms with Crippen LogP contribution in [0.1, 0.15) is 37.2 Å². The van der Waals surface area contributed by atoms with Crippen LogP contribution < -0.4 is 15.0 Å². The average Bonchev–Trinajstić information content (AvgIpc) is 3.43. The smallest absolute Gasteiger partial charge is 0.270 e. The first kappa shape index (κ1) is 21.8. The molecule has 2 heterocycles. The fraction of sp³-hybridized carbons (Fsp3) is 0.714. The van der Waals surface area contributed by atoms with Crippen molar-refractivity contribution in [3.8, 4) is 5.88 Å². The summed E-state index contributed by atoms with van der Waals surface area (Å²) in [7, 11) is 1.68. The quantitative estimate of drug-likeness (QED) is 0.582. The van der Waals surface area contributed by atoms with Gasteiger partial charge in [0.15, 0.2) is 0 Å². The summed E-state index contributed by atoms with van der Waals surface area (Å²) in [5.74, 6) is 0.686. The van der Waals surface area contributed by atoms with Crippen LogP contribution in [0.2, 0.25) is 0 Å². The molecule has 1 aromatic rings. The van der Waals surface area contributed by atoms with Gasteiger partial charge in [-0.05, 0) is 42.7 Å². The molecule has 0 unspecified atom stereocenters. The van der Waals surface area contributed by atoms with E-state index in [9.17, 15) is 14.3 Å². The highest BCUT2D eigenvalue weighted by Crippen LogP contribution is 2.40. The van der Waals surface area contributed by atoms with Gasteiger partial charge in [-0.2, -0.15) is 0 Å². The number of rotatable bonds is 11. The fourth-order valence-electron chi connectivity index (χ4n) is 3.59. The van der Waals surface area contributed by atoms with E-state index in [1.807, 2.05) is 19.9 Å². The minimum atomic E-state index is -0.340. The van der Waals surface area contributed by atoms with Crippen molar-refractivity contribution in [1.29, 1.82) is 0 Å². The summed E-state index contributed by atoms with van der Waals surface area (Å²) in [5, 5.41) is 12.4. The number of nitrogens with zero attached hydrogens (tertiary/aromatic N) is 2. The number of aromatic nitrogens is 1. The third kappa shape index (κ3) is 5.57. The number of alkyl halides is 1. The van der Waals surface area contributed by atoms with E-state index in [0.717, 1.165) is 25.2 Å². The van der Waals surface area contributed by atoms with Crippen LogP contribution in [0.25, 0.3) is 0 Å². The molecule has 1 aliphatic heterocycles. The molecule has 0 spiro atoms. The average molecular weight is 410 g/mol. The topological polar surface area (TPSA) is 83.9 Å². The summed E-state index contributed by atoms with van der Waals surface area (Å²) in [5.41, 5.74) is 1.06. The third-order valence-corrected chi connectivity index (χ3v) is 5.61.